The summed E-state index contributed by atoms with van der Waals surface area (Å²) in [5, 5.41) is 10.8. The number of morpholine rings is 1. The van der Waals surface area contributed by atoms with Crippen molar-refractivity contribution in [2.45, 2.75) is 76.0 Å². The van der Waals surface area contributed by atoms with E-state index in [1.165, 1.54) is 4.90 Å². The Kier molecular flexibility index (Phi) is 11.1. The molecule has 5 aliphatic rings. The summed E-state index contributed by atoms with van der Waals surface area (Å²) in [6.45, 7) is 9.51. The largest absolute Gasteiger partial charge is 0.455 e. The van der Waals surface area contributed by atoms with E-state index >= 15 is 4.79 Å². The number of benzene rings is 1. The van der Waals surface area contributed by atoms with Gasteiger partial charge in [0.2, 0.25) is 17.7 Å². The molecule has 5 bridgehead atoms. The fraction of sp³-hybridized carbons (Fsp3) is 0.632. The Labute approximate surface area is 295 Å². The van der Waals surface area contributed by atoms with Gasteiger partial charge in [0.25, 0.3) is 0 Å². The van der Waals surface area contributed by atoms with Gasteiger partial charge in [-0.1, -0.05) is 74.9 Å². The molecular weight excluding hydrogens is 640 g/mol. The Morgan fingerprint density at radius 1 is 1.02 bits per heavy atom. The van der Waals surface area contributed by atoms with Gasteiger partial charge < -0.3 is 34.0 Å². The molecule has 5 heterocycles. The summed E-state index contributed by atoms with van der Waals surface area (Å²) >= 11 is 0. The lowest BCUT2D eigenvalue weighted by atomic mass is 9.74. The summed E-state index contributed by atoms with van der Waals surface area (Å²) in [5.41, 5.74) is -0.681. The highest BCUT2D eigenvalue weighted by atomic mass is 16.6. The third kappa shape index (κ3) is 6.63. The number of hydrogen-bond acceptors (Lipinski definition) is 9. The van der Waals surface area contributed by atoms with Crippen LogP contribution in [-0.2, 0) is 33.4 Å². The van der Waals surface area contributed by atoms with Crippen LogP contribution >= 0.6 is 0 Å². The zero-order chi connectivity index (χ0) is 35.6. The average Bonchev–Trinajstić information content (AvgIpc) is 3.78. The number of rotatable bonds is 8. The van der Waals surface area contributed by atoms with Gasteiger partial charge in [-0.2, -0.15) is 0 Å². The van der Waals surface area contributed by atoms with Crippen LogP contribution in [0.3, 0.4) is 0 Å². The van der Waals surface area contributed by atoms with E-state index in [1.807, 2.05) is 63.3 Å². The maximum absolute atomic E-state index is 15.0. The minimum Gasteiger partial charge on any atom is -0.455 e. The fourth-order valence-electron chi connectivity index (χ4n) is 8.30. The molecule has 3 fully saturated rings. The molecule has 1 spiro atoms. The third-order valence-electron chi connectivity index (χ3n) is 11.6. The molecule has 5 aliphatic heterocycles. The molecule has 1 aromatic carbocycles. The second-order valence-electron chi connectivity index (χ2n) is 14.3. The summed E-state index contributed by atoms with van der Waals surface area (Å²) in [4.78, 5) is 64.8. The lowest BCUT2D eigenvalue weighted by molar-refractivity contribution is -0.164. The number of allylic oxidation sites excluding steroid dienone is 1. The minimum atomic E-state index is -1.40. The molecule has 1 aromatic rings. The first-order valence-electron chi connectivity index (χ1n) is 18.2. The van der Waals surface area contributed by atoms with Crippen LogP contribution in [0.4, 0.5) is 0 Å². The van der Waals surface area contributed by atoms with E-state index in [9.17, 15) is 19.5 Å². The standard InChI is InChI=1S/C38H52N4O8/c1-5-25(2)28(24-43)42-34-36(46)41(19-18-40-20-22-48-23-21-40)17-11-7-10-14-30(44)39(4)26(3)33(27-12-8-6-9-13-27)49-37(47)31-29-15-16-38(34,50-29)32(31)35(42)45/h6-9,11-13,15-16,25-26,28-29,31-34,43H,5,10,14,17-24H2,1-4H3/b11-7-/t25-,26-,28-,29+,31-,32-,33+,34+,38-/m0/s1. The molecule has 12 heteroatoms. The highest BCUT2D eigenvalue weighted by molar-refractivity contribution is 5.99. The maximum atomic E-state index is 15.0. The number of carbonyl (C=O) groups is 4. The van der Waals surface area contributed by atoms with Gasteiger partial charge in [0.15, 0.2) is 0 Å². The lowest BCUT2D eigenvalue weighted by Gasteiger charge is -2.41. The van der Waals surface area contributed by atoms with Crippen LogP contribution in [0.1, 0.15) is 51.7 Å². The Bertz CT molecular complexity index is 1460. The number of hydrogen-bond donors (Lipinski definition) is 1. The molecule has 50 heavy (non-hydrogen) atoms. The van der Waals surface area contributed by atoms with E-state index in [1.54, 1.807) is 29.0 Å². The molecule has 0 unspecified atom stereocenters. The number of aliphatic hydroxyl groups excluding tert-OH is 1. The number of fused-ring (bicyclic) bond motifs is 2. The molecule has 6 rings (SSSR count). The number of nitrogens with zero attached hydrogens (tertiary/aromatic N) is 4. The molecular formula is C38H52N4O8. The minimum absolute atomic E-state index is 0.0983. The Morgan fingerprint density at radius 2 is 1.76 bits per heavy atom. The van der Waals surface area contributed by atoms with Crippen molar-refractivity contribution in [2.75, 3.05) is 59.6 Å². The van der Waals surface area contributed by atoms with Gasteiger partial charge in [0.1, 0.15) is 23.7 Å². The van der Waals surface area contributed by atoms with Crippen LogP contribution in [0.2, 0.25) is 0 Å². The monoisotopic (exact) mass is 692 g/mol. The second-order valence-corrected chi connectivity index (χ2v) is 14.3. The Morgan fingerprint density at radius 3 is 2.46 bits per heavy atom. The van der Waals surface area contributed by atoms with Crippen LogP contribution in [-0.4, -0.2) is 138 Å². The molecule has 0 saturated carbocycles. The van der Waals surface area contributed by atoms with Crippen molar-refractivity contribution in [3.63, 3.8) is 0 Å². The van der Waals surface area contributed by atoms with Crippen LogP contribution in [0.15, 0.2) is 54.6 Å². The topological polar surface area (TPSA) is 129 Å². The zero-order valence-corrected chi connectivity index (χ0v) is 29.7. The first-order valence-corrected chi connectivity index (χ1v) is 18.2. The molecule has 0 radical (unpaired) electrons. The van der Waals surface area contributed by atoms with Crippen molar-refractivity contribution in [3.05, 3.63) is 60.2 Å². The summed E-state index contributed by atoms with van der Waals surface area (Å²) in [7, 11) is 1.71. The lowest BCUT2D eigenvalue weighted by Crippen LogP contribution is -2.60. The van der Waals surface area contributed by atoms with Gasteiger partial charge in [-0.05, 0) is 24.8 Å². The zero-order valence-electron chi connectivity index (χ0n) is 29.7. The first-order chi connectivity index (χ1) is 24.1. The molecule has 12 nitrogen and oxygen atoms in total. The van der Waals surface area contributed by atoms with E-state index in [0.717, 1.165) is 18.7 Å². The quantitative estimate of drug-likeness (QED) is 0.322. The SMILES string of the molecule is CC[C@H](C)[C@H](CO)N1C(=O)[C@@H]2[C@H]3C(=O)O[C@@H](c4ccccc4)[C@H](C)N(C)C(=O)CC/C=C\CN(CCN4CCOCC4)C(=O)[C@@H]1[C@]21C=C[C@H]3O1. The predicted octanol–water partition coefficient (Wildman–Crippen LogP) is 2.19. The third-order valence-corrected chi connectivity index (χ3v) is 11.6. The Balaban J connectivity index is 1.42. The van der Waals surface area contributed by atoms with Crippen molar-refractivity contribution < 1.29 is 38.5 Å². The van der Waals surface area contributed by atoms with Gasteiger partial charge in [-0.25, -0.2) is 0 Å². The fourth-order valence-corrected chi connectivity index (χ4v) is 8.30. The number of cyclic esters (lactones) is 1. The molecule has 0 aliphatic carbocycles. The van der Waals surface area contributed by atoms with Crippen molar-refractivity contribution in [3.8, 4) is 0 Å². The number of aliphatic hydroxyl groups is 1. The smallest absolute Gasteiger partial charge is 0.313 e. The van der Waals surface area contributed by atoms with Crippen molar-refractivity contribution in [1.29, 1.82) is 0 Å². The number of likely N-dealkylation sites (tertiary alicyclic amines) is 1. The van der Waals surface area contributed by atoms with Crippen molar-refractivity contribution in [1.82, 2.24) is 19.6 Å². The van der Waals surface area contributed by atoms with E-state index in [-0.39, 0.29) is 37.3 Å². The molecule has 9 atom stereocenters. The number of ether oxygens (including phenoxy) is 3. The highest BCUT2D eigenvalue weighted by Crippen LogP contribution is 2.56. The van der Waals surface area contributed by atoms with Gasteiger partial charge in [-0.15, -0.1) is 0 Å². The van der Waals surface area contributed by atoms with Crippen LogP contribution < -0.4 is 0 Å². The Hall–Kier alpha value is -3.58. The van der Waals surface area contributed by atoms with Crippen LogP contribution in [0.5, 0.6) is 0 Å². The summed E-state index contributed by atoms with van der Waals surface area (Å²) < 4.78 is 18.5. The summed E-state index contributed by atoms with van der Waals surface area (Å²) in [6, 6.07) is 7.04. The second kappa shape index (κ2) is 15.3. The average molecular weight is 693 g/mol. The molecule has 272 valence electrons. The van der Waals surface area contributed by atoms with Crippen molar-refractivity contribution in [2.24, 2.45) is 17.8 Å². The van der Waals surface area contributed by atoms with Crippen molar-refractivity contribution >= 4 is 23.7 Å². The normalized spacial score (nSPS) is 34.2. The number of carbonyl (C=O) groups excluding carboxylic acids is 4. The number of amides is 3. The van der Waals surface area contributed by atoms with Gasteiger partial charge in [-0.3, -0.25) is 24.1 Å². The van der Waals surface area contributed by atoms with E-state index < -0.39 is 59.6 Å². The molecule has 3 amide bonds. The van der Waals surface area contributed by atoms with E-state index in [0.29, 0.717) is 39.1 Å². The van der Waals surface area contributed by atoms with Crippen LogP contribution in [0.25, 0.3) is 0 Å². The number of esters is 1. The maximum Gasteiger partial charge on any atom is 0.313 e. The molecule has 0 aromatic heterocycles. The van der Waals surface area contributed by atoms with E-state index in [4.69, 9.17) is 14.2 Å². The summed E-state index contributed by atoms with van der Waals surface area (Å²) in [6.07, 6.45) is 7.21. The highest BCUT2D eigenvalue weighted by Gasteiger charge is 2.74. The predicted molar refractivity (Wildman–Crippen MR) is 184 cm³/mol. The summed E-state index contributed by atoms with van der Waals surface area (Å²) in [5.74, 6) is -3.56. The van der Waals surface area contributed by atoms with E-state index in [2.05, 4.69) is 4.90 Å². The van der Waals surface area contributed by atoms with Crippen LogP contribution in [0, 0.1) is 17.8 Å². The number of likely N-dealkylation sites (N-methyl/N-ethyl adjacent to an activating group) is 1. The molecule has 3 saturated heterocycles. The first kappa shape index (κ1) is 36.2. The van der Waals surface area contributed by atoms with Gasteiger partial charge in [0.05, 0.1) is 43.9 Å². The van der Waals surface area contributed by atoms with Gasteiger partial charge >= 0.3 is 5.97 Å². The molecule has 1 N–H and O–H groups in total. The van der Waals surface area contributed by atoms with Gasteiger partial charge in [0, 0.05) is 46.2 Å².